The molecule has 88 valence electrons. The zero-order valence-electron chi connectivity index (χ0n) is 9.36. The summed E-state index contributed by atoms with van der Waals surface area (Å²) in [5.41, 5.74) is 0. The molecule has 2 aliphatic rings. The summed E-state index contributed by atoms with van der Waals surface area (Å²) in [7, 11) is 0. The van der Waals surface area contributed by atoms with Crippen molar-refractivity contribution in [1.82, 2.24) is 0 Å². The van der Waals surface area contributed by atoms with Crippen LogP contribution in [0.5, 0.6) is 0 Å². The van der Waals surface area contributed by atoms with Crippen LogP contribution in [0.2, 0.25) is 0 Å². The number of hydrogen-bond acceptors (Lipinski definition) is 3. The lowest BCUT2D eigenvalue weighted by atomic mass is 9.88. The van der Waals surface area contributed by atoms with E-state index in [0.717, 1.165) is 32.3 Å². The van der Waals surface area contributed by atoms with Crippen LogP contribution in [0, 0.1) is 5.92 Å². The van der Waals surface area contributed by atoms with Crippen molar-refractivity contribution in [3.63, 3.8) is 0 Å². The van der Waals surface area contributed by atoms with Crippen molar-refractivity contribution in [2.24, 2.45) is 5.92 Å². The molecule has 1 saturated carbocycles. The Labute approximate surface area is 91.8 Å². The zero-order chi connectivity index (χ0) is 10.5. The molecular formula is C12H22O3. The summed E-state index contributed by atoms with van der Waals surface area (Å²) in [6, 6.07) is 0. The summed E-state index contributed by atoms with van der Waals surface area (Å²) in [5, 5.41) is 9.13. The standard InChI is InChI=1S/C12H22O3/c13-9-10-4-3-5-11(8-10)15-12-6-1-2-7-14-12/h10-13H,1-9H2. The molecule has 0 spiro atoms. The highest BCUT2D eigenvalue weighted by atomic mass is 16.7. The average Bonchev–Trinajstić information content (AvgIpc) is 2.31. The van der Waals surface area contributed by atoms with E-state index >= 15 is 0 Å². The van der Waals surface area contributed by atoms with Gasteiger partial charge in [-0.1, -0.05) is 6.42 Å². The van der Waals surface area contributed by atoms with Crippen LogP contribution in [0.15, 0.2) is 0 Å². The highest BCUT2D eigenvalue weighted by Crippen LogP contribution is 2.28. The fourth-order valence-electron chi connectivity index (χ4n) is 2.56. The van der Waals surface area contributed by atoms with Gasteiger partial charge in [-0.25, -0.2) is 0 Å². The van der Waals surface area contributed by atoms with Crippen LogP contribution < -0.4 is 0 Å². The molecule has 1 N–H and O–H groups in total. The molecule has 1 aliphatic heterocycles. The molecule has 2 rings (SSSR count). The first-order chi connectivity index (χ1) is 7.38. The number of ether oxygens (including phenoxy) is 2. The Balaban J connectivity index is 1.72. The molecule has 1 aliphatic carbocycles. The summed E-state index contributed by atoms with van der Waals surface area (Å²) in [6.45, 7) is 1.16. The highest BCUT2D eigenvalue weighted by Gasteiger charge is 2.25. The van der Waals surface area contributed by atoms with Gasteiger partial charge in [0.2, 0.25) is 0 Å². The third kappa shape index (κ3) is 3.44. The van der Waals surface area contributed by atoms with E-state index in [4.69, 9.17) is 14.6 Å². The van der Waals surface area contributed by atoms with Crippen molar-refractivity contribution in [2.45, 2.75) is 57.3 Å². The topological polar surface area (TPSA) is 38.7 Å². The van der Waals surface area contributed by atoms with Crippen molar-refractivity contribution < 1.29 is 14.6 Å². The smallest absolute Gasteiger partial charge is 0.157 e. The van der Waals surface area contributed by atoms with Gasteiger partial charge in [-0.15, -0.1) is 0 Å². The van der Waals surface area contributed by atoms with Crippen LogP contribution in [0.25, 0.3) is 0 Å². The van der Waals surface area contributed by atoms with Gasteiger partial charge < -0.3 is 14.6 Å². The minimum atomic E-state index is 0.0289. The quantitative estimate of drug-likeness (QED) is 0.781. The molecule has 15 heavy (non-hydrogen) atoms. The zero-order valence-corrected chi connectivity index (χ0v) is 9.36. The van der Waals surface area contributed by atoms with Crippen molar-refractivity contribution in [3.8, 4) is 0 Å². The van der Waals surface area contributed by atoms with Crippen LogP contribution in [0.4, 0.5) is 0 Å². The second kappa shape index (κ2) is 5.83. The maximum atomic E-state index is 9.13. The van der Waals surface area contributed by atoms with Crippen LogP contribution in [-0.4, -0.2) is 30.7 Å². The van der Waals surface area contributed by atoms with Crippen molar-refractivity contribution in [3.05, 3.63) is 0 Å². The van der Waals surface area contributed by atoms with Crippen LogP contribution >= 0.6 is 0 Å². The molecule has 1 heterocycles. The Morgan fingerprint density at radius 2 is 2.07 bits per heavy atom. The number of rotatable bonds is 3. The molecule has 2 fully saturated rings. The minimum Gasteiger partial charge on any atom is -0.396 e. The molecule has 0 aromatic carbocycles. The van der Waals surface area contributed by atoms with Gasteiger partial charge >= 0.3 is 0 Å². The van der Waals surface area contributed by atoms with Gasteiger partial charge in [0.05, 0.1) is 6.10 Å². The van der Waals surface area contributed by atoms with Gasteiger partial charge in [0.25, 0.3) is 0 Å². The van der Waals surface area contributed by atoms with E-state index in [0.29, 0.717) is 18.6 Å². The molecule has 3 heteroatoms. The van der Waals surface area contributed by atoms with Crippen molar-refractivity contribution in [1.29, 1.82) is 0 Å². The van der Waals surface area contributed by atoms with Crippen molar-refractivity contribution in [2.75, 3.05) is 13.2 Å². The third-order valence-corrected chi connectivity index (χ3v) is 3.48. The van der Waals surface area contributed by atoms with Gasteiger partial charge in [0, 0.05) is 13.2 Å². The normalized spacial score (nSPS) is 37.8. The molecule has 0 bridgehead atoms. The van der Waals surface area contributed by atoms with Crippen LogP contribution in [0.1, 0.15) is 44.9 Å². The minimum absolute atomic E-state index is 0.0289. The lowest BCUT2D eigenvalue weighted by Gasteiger charge is -2.32. The van der Waals surface area contributed by atoms with E-state index in [1.165, 1.54) is 19.3 Å². The molecule has 0 amide bonds. The summed E-state index contributed by atoms with van der Waals surface area (Å²) in [4.78, 5) is 0. The molecule has 0 aromatic rings. The number of aliphatic hydroxyl groups excluding tert-OH is 1. The Morgan fingerprint density at radius 1 is 1.13 bits per heavy atom. The third-order valence-electron chi connectivity index (χ3n) is 3.48. The van der Waals surface area contributed by atoms with Crippen molar-refractivity contribution >= 4 is 0 Å². The van der Waals surface area contributed by atoms with E-state index in [9.17, 15) is 0 Å². The van der Waals surface area contributed by atoms with Gasteiger partial charge in [0.1, 0.15) is 0 Å². The Bertz CT molecular complexity index is 178. The molecular weight excluding hydrogens is 192 g/mol. The van der Waals surface area contributed by atoms with E-state index < -0.39 is 0 Å². The lowest BCUT2D eigenvalue weighted by Crippen LogP contribution is -2.32. The van der Waals surface area contributed by atoms with E-state index in [-0.39, 0.29) is 6.29 Å². The average molecular weight is 214 g/mol. The molecule has 0 radical (unpaired) electrons. The highest BCUT2D eigenvalue weighted by molar-refractivity contribution is 4.73. The lowest BCUT2D eigenvalue weighted by molar-refractivity contribution is -0.196. The van der Waals surface area contributed by atoms with Gasteiger partial charge in [-0.05, 0) is 44.4 Å². The monoisotopic (exact) mass is 214 g/mol. The summed E-state index contributed by atoms with van der Waals surface area (Å²) >= 11 is 0. The van der Waals surface area contributed by atoms with Gasteiger partial charge in [-0.3, -0.25) is 0 Å². The number of aliphatic hydroxyl groups is 1. The molecule has 3 atom stereocenters. The Morgan fingerprint density at radius 3 is 2.80 bits per heavy atom. The summed E-state index contributed by atoms with van der Waals surface area (Å²) in [6.07, 6.45) is 8.27. The maximum absolute atomic E-state index is 9.13. The second-order valence-corrected chi connectivity index (χ2v) is 4.77. The SMILES string of the molecule is OCC1CCCC(OC2CCCCO2)C1. The first kappa shape index (κ1) is 11.4. The predicted octanol–water partition coefficient (Wildman–Crippen LogP) is 2.08. The predicted molar refractivity (Wildman–Crippen MR) is 57.5 cm³/mol. The first-order valence-corrected chi connectivity index (χ1v) is 6.26. The fourth-order valence-corrected chi connectivity index (χ4v) is 2.56. The largest absolute Gasteiger partial charge is 0.396 e. The van der Waals surface area contributed by atoms with Gasteiger partial charge in [-0.2, -0.15) is 0 Å². The van der Waals surface area contributed by atoms with Gasteiger partial charge in [0.15, 0.2) is 6.29 Å². The van der Waals surface area contributed by atoms with E-state index in [1.807, 2.05) is 0 Å². The second-order valence-electron chi connectivity index (χ2n) is 4.77. The molecule has 1 saturated heterocycles. The maximum Gasteiger partial charge on any atom is 0.157 e. The summed E-state index contributed by atoms with van der Waals surface area (Å²) in [5.74, 6) is 0.451. The van der Waals surface area contributed by atoms with E-state index in [2.05, 4.69) is 0 Å². The molecule has 0 aromatic heterocycles. The summed E-state index contributed by atoms with van der Waals surface area (Å²) < 4.78 is 11.5. The first-order valence-electron chi connectivity index (χ1n) is 6.26. The molecule has 3 unspecified atom stereocenters. The molecule has 3 nitrogen and oxygen atoms in total. The Kier molecular flexibility index (Phi) is 4.42. The van der Waals surface area contributed by atoms with Crippen LogP contribution in [0.3, 0.4) is 0 Å². The fraction of sp³-hybridized carbons (Fsp3) is 1.00. The van der Waals surface area contributed by atoms with Crippen LogP contribution in [-0.2, 0) is 9.47 Å². The number of hydrogen-bond donors (Lipinski definition) is 1. The van der Waals surface area contributed by atoms with E-state index in [1.54, 1.807) is 0 Å². The Hall–Kier alpha value is -0.120.